The summed E-state index contributed by atoms with van der Waals surface area (Å²) in [6.45, 7) is 6.60. The van der Waals surface area contributed by atoms with Crippen molar-refractivity contribution in [2.75, 3.05) is 6.61 Å². The van der Waals surface area contributed by atoms with E-state index in [1.54, 1.807) is 6.21 Å². The number of ether oxygens (including phenoxy) is 1. The van der Waals surface area contributed by atoms with Crippen molar-refractivity contribution in [3.8, 4) is 5.75 Å². The van der Waals surface area contributed by atoms with Gasteiger partial charge < -0.3 is 16.2 Å². The Morgan fingerprint density at radius 3 is 2.35 bits per heavy atom. The van der Waals surface area contributed by atoms with E-state index in [0.29, 0.717) is 6.61 Å². The molecule has 0 radical (unpaired) electrons. The van der Waals surface area contributed by atoms with Crippen LogP contribution in [0.5, 0.6) is 5.75 Å². The minimum absolute atomic E-state index is 0.0532. The van der Waals surface area contributed by atoms with Gasteiger partial charge in [-0.2, -0.15) is 5.10 Å². The Morgan fingerprint density at radius 1 is 1.29 bits per heavy atom. The van der Waals surface area contributed by atoms with Crippen LogP contribution in [-0.2, 0) is 0 Å². The summed E-state index contributed by atoms with van der Waals surface area (Å²) in [5, 5.41) is 7.38. The van der Waals surface area contributed by atoms with E-state index < -0.39 is 0 Å². The van der Waals surface area contributed by atoms with Crippen LogP contribution in [0.1, 0.15) is 23.6 Å². The molecule has 5 heteroatoms. The number of guanidine groups is 1. The molecule has 17 heavy (non-hydrogen) atoms. The Balaban J connectivity index is 3.01. The van der Waals surface area contributed by atoms with Crippen LogP contribution < -0.4 is 16.2 Å². The van der Waals surface area contributed by atoms with Crippen molar-refractivity contribution in [3.05, 3.63) is 28.8 Å². The molecule has 0 bridgehead atoms. The van der Waals surface area contributed by atoms with E-state index in [-0.39, 0.29) is 5.96 Å². The van der Waals surface area contributed by atoms with E-state index in [1.807, 2.05) is 32.9 Å². The molecule has 1 aromatic carbocycles. The van der Waals surface area contributed by atoms with Gasteiger partial charge >= 0.3 is 0 Å². The first-order valence-electron chi connectivity index (χ1n) is 5.40. The van der Waals surface area contributed by atoms with Crippen LogP contribution in [0, 0.1) is 13.8 Å². The average molecular weight is 234 g/mol. The fourth-order valence-corrected chi connectivity index (χ4v) is 1.54. The molecule has 0 spiro atoms. The molecule has 92 valence electrons. The van der Waals surface area contributed by atoms with E-state index in [4.69, 9.17) is 16.2 Å². The van der Waals surface area contributed by atoms with E-state index in [1.165, 1.54) is 0 Å². The van der Waals surface area contributed by atoms with Crippen LogP contribution >= 0.6 is 0 Å². The second-order valence-electron chi connectivity index (χ2n) is 3.67. The molecule has 4 N–H and O–H groups in total. The summed E-state index contributed by atoms with van der Waals surface area (Å²) >= 11 is 0. The molecule has 0 amide bonds. The summed E-state index contributed by atoms with van der Waals surface area (Å²) in [6.07, 6.45) is 1.64. The lowest BCUT2D eigenvalue weighted by Crippen LogP contribution is -2.21. The smallest absolute Gasteiger partial charge is 0.211 e. The van der Waals surface area contributed by atoms with E-state index in [0.717, 1.165) is 22.4 Å². The third-order valence-corrected chi connectivity index (χ3v) is 2.24. The summed E-state index contributed by atoms with van der Waals surface area (Å²) in [4.78, 5) is 0. The standard InChI is InChI=1S/C12H18N4O/c1-4-17-10-5-8(2)11(9(3)6-10)7-15-16-12(13)14/h5-7H,4H2,1-3H3,(H4,13,14,16). The van der Waals surface area contributed by atoms with Crippen molar-refractivity contribution >= 4 is 12.2 Å². The van der Waals surface area contributed by atoms with E-state index in [9.17, 15) is 0 Å². The molecule has 0 heterocycles. The van der Waals surface area contributed by atoms with Gasteiger partial charge in [0.05, 0.1) is 12.8 Å². The molecule has 5 nitrogen and oxygen atoms in total. The average Bonchev–Trinajstić information content (AvgIpc) is 2.22. The molecule has 1 rings (SSSR count). The summed E-state index contributed by atoms with van der Waals surface area (Å²) < 4.78 is 5.45. The normalized spacial score (nSPS) is 10.5. The topological polar surface area (TPSA) is 86.0 Å². The SMILES string of the molecule is CCOc1cc(C)c(C=NN=C(N)N)c(C)c1. The summed E-state index contributed by atoms with van der Waals surface area (Å²) in [6, 6.07) is 3.93. The Bertz CT molecular complexity index is 425. The maximum atomic E-state index is 5.45. The highest BCUT2D eigenvalue weighted by atomic mass is 16.5. The molecule has 1 aromatic rings. The number of nitrogens with zero attached hydrogens (tertiary/aromatic N) is 2. The van der Waals surface area contributed by atoms with Crippen LogP contribution in [0.15, 0.2) is 22.3 Å². The summed E-state index contributed by atoms with van der Waals surface area (Å²) in [5.41, 5.74) is 13.5. The predicted molar refractivity (Wildman–Crippen MR) is 70.5 cm³/mol. The second-order valence-corrected chi connectivity index (χ2v) is 3.67. The van der Waals surface area contributed by atoms with Crippen LogP contribution in [0.25, 0.3) is 0 Å². The fraction of sp³-hybridized carbons (Fsp3) is 0.333. The van der Waals surface area contributed by atoms with Gasteiger partial charge in [0.1, 0.15) is 5.75 Å². The third-order valence-electron chi connectivity index (χ3n) is 2.24. The number of rotatable bonds is 4. The lowest BCUT2D eigenvalue weighted by molar-refractivity contribution is 0.340. The first kappa shape index (κ1) is 13.0. The zero-order valence-electron chi connectivity index (χ0n) is 10.4. The van der Waals surface area contributed by atoms with Gasteiger partial charge in [0.2, 0.25) is 5.96 Å². The quantitative estimate of drug-likeness (QED) is 0.468. The minimum Gasteiger partial charge on any atom is -0.494 e. The molecular formula is C12H18N4O. The van der Waals surface area contributed by atoms with Crippen molar-refractivity contribution in [1.82, 2.24) is 0 Å². The lowest BCUT2D eigenvalue weighted by Gasteiger charge is -2.09. The summed E-state index contributed by atoms with van der Waals surface area (Å²) in [7, 11) is 0. The van der Waals surface area contributed by atoms with Crippen molar-refractivity contribution in [1.29, 1.82) is 0 Å². The van der Waals surface area contributed by atoms with Gasteiger partial charge in [0.15, 0.2) is 0 Å². The molecule has 0 aliphatic carbocycles. The molecule has 0 atom stereocenters. The Hall–Kier alpha value is -2.04. The molecule has 0 fully saturated rings. The van der Waals surface area contributed by atoms with Gasteiger partial charge in [-0.25, -0.2) is 0 Å². The molecule has 0 aliphatic heterocycles. The lowest BCUT2D eigenvalue weighted by atomic mass is 10.0. The van der Waals surface area contributed by atoms with Gasteiger partial charge in [-0.15, -0.1) is 5.10 Å². The van der Waals surface area contributed by atoms with Crippen molar-refractivity contribution in [2.45, 2.75) is 20.8 Å². The van der Waals surface area contributed by atoms with Gasteiger partial charge in [-0.1, -0.05) is 0 Å². The number of benzene rings is 1. The molecule has 0 unspecified atom stereocenters. The molecule has 0 aromatic heterocycles. The Morgan fingerprint density at radius 2 is 1.88 bits per heavy atom. The van der Waals surface area contributed by atoms with Crippen molar-refractivity contribution < 1.29 is 4.74 Å². The molecular weight excluding hydrogens is 216 g/mol. The zero-order chi connectivity index (χ0) is 12.8. The van der Waals surface area contributed by atoms with Crippen LogP contribution in [0.3, 0.4) is 0 Å². The first-order chi connectivity index (χ1) is 8.04. The summed E-state index contributed by atoms with van der Waals surface area (Å²) in [5.74, 6) is 0.809. The monoisotopic (exact) mass is 234 g/mol. The van der Waals surface area contributed by atoms with Gasteiger partial charge in [0, 0.05) is 5.56 Å². The first-order valence-corrected chi connectivity index (χ1v) is 5.40. The van der Waals surface area contributed by atoms with E-state index >= 15 is 0 Å². The second kappa shape index (κ2) is 5.89. The Kier molecular flexibility index (Phi) is 4.51. The fourth-order valence-electron chi connectivity index (χ4n) is 1.54. The highest BCUT2D eigenvalue weighted by molar-refractivity contribution is 5.85. The predicted octanol–water partition coefficient (Wildman–Crippen LogP) is 1.31. The van der Waals surface area contributed by atoms with Gasteiger partial charge in [-0.3, -0.25) is 0 Å². The van der Waals surface area contributed by atoms with Crippen molar-refractivity contribution in [3.63, 3.8) is 0 Å². The van der Waals surface area contributed by atoms with E-state index in [2.05, 4.69) is 10.2 Å². The number of hydrogen-bond donors (Lipinski definition) is 2. The van der Waals surface area contributed by atoms with Gasteiger partial charge in [0.25, 0.3) is 0 Å². The Labute approximate surface area is 101 Å². The largest absolute Gasteiger partial charge is 0.494 e. The van der Waals surface area contributed by atoms with Crippen LogP contribution in [-0.4, -0.2) is 18.8 Å². The molecule has 0 saturated heterocycles. The van der Waals surface area contributed by atoms with Gasteiger partial charge in [-0.05, 0) is 44.0 Å². The zero-order valence-corrected chi connectivity index (χ0v) is 10.4. The van der Waals surface area contributed by atoms with Crippen LogP contribution in [0.2, 0.25) is 0 Å². The van der Waals surface area contributed by atoms with Crippen molar-refractivity contribution in [2.24, 2.45) is 21.7 Å². The number of nitrogens with two attached hydrogens (primary N) is 2. The van der Waals surface area contributed by atoms with Crippen LogP contribution in [0.4, 0.5) is 0 Å². The third kappa shape index (κ3) is 3.79. The molecule has 0 saturated carbocycles. The molecule has 0 aliphatic rings. The maximum Gasteiger partial charge on any atom is 0.211 e. The highest BCUT2D eigenvalue weighted by Gasteiger charge is 2.03. The maximum absolute atomic E-state index is 5.45. The number of aryl methyl sites for hydroxylation is 2. The minimum atomic E-state index is -0.0532. The number of hydrogen-bond acceptors (Lipinski definition) is 3. The highest BCUT2D eigenvalue weighted by Crippen LogP contribution is 2.20.